The van der Waals surface area contributed by atoms with Crippen LogP contribution >= 0.6 is 0 Å². The summed E-state index contributed by atoms with van der Waals surface area (Å²) < 4.78 is 74.5. The molecule has 13 heteroatoms. The highest BCUT2D eigenvalue weighted by Gasteiger charge is 2.48. The number of rotatable bonds is 9. The SMILES string of the molecule is CC1(C)Oc2cc(NS(=O)(=O)C(F)(F)F)ccc2[C@H](NCCc2ccccc2)[C@H]1OC(=O)/C=C\C(=O)O. The minimum absolute atomic E-state index is 0.0814. The number of esters is 1. The molecule has 9 nitrogen and oxygen atoms in total. The lowest BCUT2D eigenvalue weighted by Gasteiger charge is -2.44. The maximum atomic E-state index is 12.8. The molecule has 0 bridgehead atoms. The number of nitrogens with one attached hydrogen (secondary N) is 2. The number of benzene rings is 2. The molecular formula is C24H25F3N2O7S. The lowest BCUT2D eigenvalue weighted by Crippen LogP contribution is -2.54. The van der Waals surface area contributed by atoms with E-state index in [1.54, 1.807) is 13.8 Å². The van der Waals surface area contributed by atoms with E-state index < -0.39 is 45.2 Å². The number of alkyl halides is 3. The van der Waals surface area contributed by atoms with Crippen molar-refractivity contribution in [3.8, 4) is 5.75 Å². The highest BCUT2D eigenvalue weighted by molar-refractivity contribution is 7.93. The minimum atomic E-state index is -5.65. The van der Waals surface area contributed by atoms with Crippen molar-refractivity contribution < 1.29 is 45.8 Å². The van der Waals surface area contributed by atoms with Gasteiger partial charge >= 0.3 is 27.5 Å². The molecule has 3 rings (SSSR count). The Labute approximate surface area is 211 Å². The van der Waals surface area contributed by atoms with Crippen LogP contribution in [0.2, 0.25) is 0 Å². The number of carboxylic acid groups (broad SMARTS) is 1. The fourth-order valence-corrected chi connectivity index (χ4v) is 4.36. The highest BCUT2D eigenvalue weighted by atomic mass is 32.2. The molecule has 200 valence electrons. The fraction of sp³-hybridized carbons (Fsp3) is 0.333. The number of fused-ring (bicyclic) bond motifs is 1. The van der Waals surface area contributed by atoms with Crippen LogP contribution in [0, 0.1) is 0 Å². The zero-order valence-electron chi connectivity index (χ0n) is 19.8. The quantitative estimate of drug-likeness (QED) is 0.324. The van der Waals surface area contributed by atoms with Gasteiger partial charge in [0.2, 0.25) is 0 Å². The molecule has 1 aliphatic heterocycles. The summed E-state index contributed by atoms with van der Waals surface area (Å²) in [6.45, 7) is 3.56. The molecule has 0 aromatic heterocycles. The second kappa shape index (κ2) is 10.8. The van der Waals surface area contributed by atoms with Gasteiger partial charge in [0.1, 0.15) is 11.4 Å². The Morgan fingerprint density at radius 3 is 2.43 bits per heavy atom. The van der Waals surface area contributed by atoms with Crippen molar-refractivity contribution in [3.63, 3.8) is 0 Å². The topological polar surface area (TPSA) is 131 Å². The summed E-state index contributed by atoms with van der Waals surface area (Å²) in [7, 11) is -5.65. The summed E-state index contributed by atoms with van der Waals surface area (Å²) >= 11 is 0. The van der Waals surface area contributed by atoms with E-state index in [2.05, 4.69) is 5.32 Å². The van der Waals surface area contributed by atoms with Gasteiger partial charge in [0.15, 0.2) is 6.10 Å². The number of anilines is 1. The van der Waals surface area contributed by atoms with Crippen LogP contribution in [-0.2, 0) is 30.8 Å². The molecule has 0 radical (unpaired) electrons. The van der Waals surface area contributed by atoms with Gasteiger partial charge in [-0.3, -0.25) is 4.72 Å². The Morgan fingerprint density at radius 2 is 1.81 bits per heavy atom. The standard InChI is InChI=1S/C24H25F3N2O7S/c1-23(2)22(35-20(32)11-10-19(30)31)21(28-13-12-15-6-4-3-5-7-15)17-9-8-16(14-18(17)36-23)29-37(33,34)24(25,26)27/h3-11,14,21-22,28-29H,12-13H2,1-2H3,(H,30,31)/b11-10-/t21-,22+/m0/s1. The van der Waals surface area contributed by atoms with Crippen LogP contribution in [0.1, 0.15) is 31.0 Å². The normalized spacial score (nSPS) is 19.1. The Kier molecular flexibility index (Phi) is 8.18. The Bertz CT molecular complexity index is 1280. The van der Waals surface area contributed by atoms with Gasteiger partial charge in [-0.05, 0) is 38.4 Å². The van der Waals surface area contributed by atoms with Crippen LogP contribution in [0.4, 0.5) is 18.9 Å². The van der Waals surface area contributed by atoms with E-state index in [0.717, 1.165) is 23.8 Å². The van der Waals surface area contributed by atoms with Crippen molar-refractivity contribution in [1.29, 1.82) is 0 Å². The van der Waals surface area contributed by atoms with Gasteiger partial charge in [0, 0.05) is 23.8 Å². The predicted molar refractivity (Wildman–Crippen MR) is 127 cm³/mol. The van der Waals surface area contributed by atoms with Gasteiger partial charge in [0.05, 0.1) is 11.7 Å². The number of sulfonamides is 1. The van der Waals surface area contributed by atoms with E-state index in [1.165, 1.54) is 10.8 Å². The fourth-order valence-electron chi connectivity index (χ4n) is 3.81. The predicted octanol–water partition coefficient (Wildman–Crippen LogP) is 3.55. The average molecular weight is 543 g/mol. The van der Waals surface area contributed by atoms with E-state index in [1.807, 2.05) is 30.3 Å². The maximum absolute atomic E-state index is 12.8. The first kappa shape index (κ1) is 28.0. The van der Waals surface area contributed by atoms with Gasteiger partial charge in [-0.1, -0.05) is 36.4 Å². The van der Waals surface area contributed by atoms with Gasteiger partial charge < -0.3 is 19.9 Å². The number of halogens is 3. The molecular weight excluding hydrogens is 517 g/mol. The Balaban J connectivity index is 1.93. The van der Waals surface area contributed by atoms with Crippen LogP contribution in [0.15, 0.2) is 60.7 Å². The van der Waals surface area contributed by atoms with E-state index in [-0.39, 0.29) is 11.4 Å². The van der Waals surface area contributed by atoms with Gasteiger partial charge in [-0.15, -0.1) is 0 Å². The van der Waals surface area contributed by atoms with E-state index >= 15 is 0 Å². The summed E-state index contributed by atoms with van der Waals surface area (Å²) in [5.41, 5.74) is -5.69. The van der Waals surface area contributed by atoms with Crippen LogP contribution in [0.3, 0.4) is 0 Å². The molecule has 1 heterocycles. The second-order valence-corrected chi connectivity index (χ2v) is 10.4. The third kappa shape index (κ3) is 7.01. The summed E-state index contributed by atoms with van der Waals surface area (Å²) in [6.07, 6.45) is 0.990. The molecule has 1 aliphatic rings. The van der Waals surface area contributed by atoms with Crippen molar-refractivity contribution in [1.82, 2.24) is 5.32 Å². The zero-order valence-corrected chi connectivity index (χ0v) is 20.6. The van der Waals surface area contributed by atoms with Crippen LogP contribution < -0.4 is 14.8 Å². The Hall–Kier alpha value is -3.58. The lowest BCUT2D eigenvalue weighted by molar-refractivity contribution is -0.160. The van der Waals surface area contributed by atoms with Crippen molar-refractivity contribution in [2.24, 2.45) is 0 Å². The molecule has 37 heavy (non-hydrogen) atoms. The first-order chi connectivity index (χ1) is 17.2. The van der Waals surface area contributed by atoms with Crippen LogP contribution in [0.25, 0.3) is 0 Å². The molecule has 0 spiro atoms. The summed E-state index contributed by atoms with van der Waals surface area (Å²) in [5, 5.41) is 12.1. The molecule has 0 aliphatic carbocycles. The van der Waals surface area contributed by atoms with Gasteiger partial charge in [-0.25, -0.2) is 9.59 Å². The zero-order chi connectivity index (χ0) is 27.4. The van der Waals surface area contributed by atoms with Crippen molar-refractivity contribution in [2.45, 2.75) is 43.5 Å². The monoisotopic (exact) mass is 542 g/mol. The number of carbonyl (C=O) groups is 2. The highest BCUT2D eigenvalue weighted by Crippen LogP contribution is 2.43. The van der Waals surface area contributed by atoms with Crippen molar-refractivity contribution in [2.75, 3.05) is 11.3 Å². The molecule has 0 unspecified atom stereocenters. The van der Waals surface area contributed by atoms with Crippen molar-refractivity contribution in [3.05, 3.63) is 71.8 Å². The van der Waals surface area contributed by atoms with E-state index in [4.69, 9.17) is 14.6 Å². The second-order valence-electron chi connectivity index (χ2n) is 8.71. The lowest BCUT2D eigenvalue weighted by atomic mass is 9.86. The molecule has 0 fully saturated rings. The summed E-state index contributed by atoms with van der Waals surface area (Å²) in [5.74, 6) is -2.19. The largest absolute Gasteiger partial charge is 0.516 e. The van der Waals surface area contributed by atoms with E-state index in [9.17, 15) is 31.2 Å². The van der Waals surface area contributed by atoms with E-state index in [0.29, 0.717) is 24.6 Å². The average Bonchev–Trinajstić information content (AvgIpc) is 2.79. The molecule has 2 aromatic carbocycles. The maximum Gasteiger partial charge on any atom is 0.516 e. The number of carboxylic acids is 1. The number of ether oxygens (including phenoxy) is 2. The van der Waals surface area contributed by atoms with Crippen LogP contribution in [0.5, 0.6) is 5.75 Å². The van der Waals surface area contributed by atoms with Crippen LogP contribution in [-0.4, -0.2) is 49.2 Å². The molecule has 2 atom stereocenters. The number of aliphatic carboxylic acids is 1. The third-order valence-electron chi connectivity index (χ3n) is 5.49. The number of hydrogen-bond acceptors (Lipinski definition) is 7. The first-order valence-corrected chi connectivity index (χ1v) is 12.5. The Morgan fingerprint density at radius 1 is 1.14 bits per heavy atom. The summed E-state index contributed by atoms with van der Waals surface area (Å²) in [4.78, 5) is 23.1. The minimum Gasteiger partial charge on any atom is -0.483 e. The smallest absolute Gasteiger partial charge is 0.483 e. The van der Waals surface area contributed by atoms with Crippen molar-refractivity contribution >= 4 is 27.6 Å². The molecule has 0 saturated heterocycles. The molecule has 0 saturated carbocycles. The molecule has 2 aromatic rings. The first-order valence-electron chi connectivity index (χ1n) is 11.0. The van der Waals surface area contributed by atoms with Gasteiger partial charge in [-0.2, -0.15) is 21.6 Å². The van der Waals surface area contributed by atoms with Gasteiger partial charge in [0.25, 0.3) is 0 Å². The molecule has 3 N–H and O–H groups in total. The number of hydrogen-bond donors (Lipinski definition) is 3. The third-order valence-corrected chi connectivity index (χ3v) is 6.61. The summed E-state index contributed by atoms with van der Waals surface area (Å²) in [6, 6.07) is 12.4. The molecule has 0 amide bonds. The number of carbonyl (C=O) groups excluding carboxylic acids is 1.